The van der Waals surface area contributed by atoms with Crippen molar-refractivity contribution < 1.29 is 0 Å². The zero-order valence-electron chi connectivity index (χ0n) is 13.7. The van der Waals surface area contributed by atoms with Gasteiger partial charge in [0.25, 0.3) is 0 Å². The maximum Gasteiger partial charge on any atom is 0.0745 e. The number of nitrogens with zero attached hydrogens (tertiary/aromatic N) is 1. The van der Waals surface area contributed by atoms with Crippen molar-refractivity contribution in [2.24, 2.45) is 0 Å². The fourth-order valence-electron chi connectivity index (χ4n) is 3.07. The Bertz CT molecular complexity index is 970. The summed E-state index contributed by atoms with van der Waals surface area (Å²) in [4.78, 5) is 4.96. The molecule has 0 aliphatic carbocycles. The minimum Gasteiger partial charge on any atom is -0.247 e. The Morgan fingerprint density at radius 3 is 2.25 bits per heavy atom. The third kappa shape index (κ3) is 2.93. The first-order chi connectivity index (χ1) is 11.8. The summed E-state index contributed by atoms with van der Waals surface area (Å²) in [6.45, 7) is 2.12. The topological polar surface area (TPSA) is 12.9 Å². The number of para-hydroxylation sites is 1. The molecular formula is C23H19N. The first kappa shape index (κ1) is 14.6. The van der Waals surface area contributed by atoms with Crippen molar-refractivity contribution in [2.75, 3.05) is 0 Å². The molecule has 1 nitrogen and oxygen atoms in total. The van der Waals surface area contributed by atoms with E-state index in [1.807, 2.05) is 12.1 Å². The molecule has 0 radical (unpaired) electrons. The van der Waals surface area contributed by atoms with E-state index in [9.17, 15) is 0 Å². The highest BCUT2D eigenvalue weighted by Crippen LogP contribution is 2.27. The van der Waals surface area contributed by atoms with Crippen LogP contribution < -0.4 is 0 Å². The quantitative estimate of drug-likeness (QED) is 0.466. The highest BCUT2D eigenvalue weighted by atomic mass is 14.7. The van der Waals surface area contributed by atoms with Gasteiger partial charge in [0.15, 0.2) is 0 Å². The number of fused-ring (bicyclic) bond motifs is 1. The predicted molar refractivity (Wildman–Crippen MR) is 101 cm³/mol. The number of aryl methyl sites for hydroxylation is 1. The van der Waals surface area contributed by atoms with Crippen molar-refractivity contribution in [2.45, 2.75) is 13.3 Å². The molecule has 116 valence electrons. The normalized spacial score (nSPS) is 10.9. The van der Waals surface area contributed by atoms with Crippen LogP contribution in [0.15, 0.2) is 84.9 Å². The van der Waals surface area contributed by atoms with E-state index >= 15 is 0 Å². The Morgan fingerprint density at radius 1 is 0.750 bits per heavy atom. The lowest BCUT2D eigenvalue weighted by Crippen LogP contribution is -1.96. The fraction of sp³-hybridized carbons (Fsp3) is 0.0870. The van der Waals surface area contributed by atoms with E-state index in [4.69, 9.17) is 4.98 Å². The van der Waals surface area contributed by atoms with Crippen LogP contribution in [0.1, 0.15) is 16.7 Å². The second-order valence-corrected chi connectivity index (χ2v) is 6.22. The molecule has 0 bridgehead atoms. The molecule has 1 heterocycles. The van der Waals surface area contributed by atoms with Crippen LogP contribution in [0.2, 0.25) is 0 Å². The summed E-state index contributed by atoms with van der Waals surface area (Å²) in [5.41, 5.74) is 7.17. The summed E-state index contributed by atoms with van der Waals surface area (Å²) in [6, 6.07) is 29.8. The molecule has 0 amide bonds. The van der Waals surface area contributed by atoms with E-state index in [-0.39, 0.29) is 0 Å². The molecule has 1 aromatic heterocycles. The molecule has 24 heavy (non-hydrogen) atoms. The Morgan fingerprint density at radius 2 is 1.46 bits per heavy atom. The van der Waals surface area contributed by atoms with Crippen LogP contribution in [-0.4, -0.2) is 4.98 Å². The van der Waals surface area contributed by atoms with Gasteiger partial charge in [0, 0.05) is 10.9 Å². The van der Waals surface area contributed by atoms with E-state index in [1.54, 1.807) is 0 Å². The van der Waals surface area contributed by atoms with Gasteiger partial charge < -0.3 is 0 Å². The Labute approximate surface area is 142 Å². The highest BCUT2D eigenvalue weighted by molar-refractivity contribution is 5.83. The maximum absolute atomic E-state index is 4.96. The van der Waals surface area contributed by atoms with Gasteiger partial charge in [0.2, 0.25) is 0 Å². The zero-order chi connectivity index (χ0) is 16.4. The average molecular weight is 309 g/mol. The SMILES string of the molecule is Cc1ccc(Cc2cc3ccccc3nc2-c2ccccc2)cc1. The number of hydrogen-bond acceptors (Lipinski definition) is 1. The van der Waals surface area contributed by atoms with E-state index < -0.39 is 0 Å². The summed E-state index contributed by atoms with van der Waals surface area (Å²) in [6.07, 6.45) is 0.891. The van der Waals surface area contributed by atoms with Crippen molar-refractivity contribution in [1.29, 1.82) is 0 Å². The third-order valence-electron chi connectivity index (χ3n) is 4.37. The van der Waals surface area contributed by atoms with Crippen LogP contribution in [0.25, 0.3) is 22.2 Å². The third-order valence-corrected chi connectivity index (χ3v) is 4.37. The summed E-state index contributed by atoms with van der Waals surface area (Å²) in [7, 11) is 0. The second-order valence-electron chi connectivity index (χ2n) is 6.22. The van der Waals surface area contributed by atoms with Gasteiger partial charge in [-0.05, 0) is 36.6 Å². The van der Waals surface area contributed by atoms with Crippen molar-refractivity contribution in [3.63, 3.8) is 0 Å². The molecule has 0 atom stereocenters. The fourth-order valence-corrected chi connectivity index (χ4v) is 3.07. The van der Waals surface area contributed by atoms with E-state index in [0.717, 1.165) is 17.6 Å². The molecule has 4 rings (SSSR count). The van der Waals surface area contributed by atoms with Crippen molar-refractivity contribution >= 4 is 10.9 Å². The van der Waals surface area contributed by atoms with Crippen molar-refractivity contribution in [3.05, 3.63) is 102 Å². The number of rotatable bonds is 3. The number of hydrogen-bond donors (Lipinski definition) is 0. The molecule has 0 saturated heterocycles. The largest absolute Gasteiger partial charge is 0.247 e. The smallest absolute Gasteiger partial charge is 0.0745 e. The van der Waals surface area contributed by atoms with Gasteiger partial charge in [0.05, 0.1) is 11.2 Å². The van der Waals surface area contributed by atoms with Crippen LogP contribution in [0.3, 0.4) is 0 Å². The lowest BCUT2D eigenvalue weighted by molar-refractivity contribution is 1.17. The summed E-state index contributed by atoms with van der Waals surface area (Å²) >= 11 is 0. The Kier molecular flexibility index (Phi) is 3.84. The molecule has 0 saturated carbocycles. The lowest BCUT2D eigenvalue weighted by atomic mass is 9.97. The monoisotopic (exact) mass is 309 g/mol. The zero-order valence-corrected chi connectivity index (χ0v) is 13.7. The van der Waals surface area contributed by atoms with Gasteiger partial charge in [-0.3, -0.25) is 0 Å². The van der Waals surface area contributed by atoms with Crippen molar-refractivity contribution in [1.82, 2.24) is 4.98 Å². The van der Waals surface area contributed by atoms with Crippen LogP contribution in [0.5, 0.6) is 0 Å². The molecule has 0 spiro atoms. The van der Waals surface area contributed by atoms with Gasteiger partial charge in [0.1, 0.15) is 0 Å². The summed E-state index contributed by atoms with van der Waals surface area (Å²) < 4.78 is 0. The first-order valence-corrected chi connectivity index (χ1v) is 8.29. The lowest BCUT2D eigenvalue weighted by Gasteiger charge is -2.11. The molecule has 0 aliphatic heterocycles. The Balaban J connectivity index is 1.86. The van der Waals surface area contributed by atoms with Crippen LogP contribution >= 0.6 is 0 Å². The van der Waals surface area contributed by atoms with Crippen LogP contribution in [0, 0.1) is 6.92 Å². The number of aromatic nitrogens is 1. The van der Waals surface area contributed by atoms with E-state index in [2.05, 4.69) is 79.7 Å². The molecule has 3 aromatic carbocycles. The van der Waals surface area contributed by atoms with Gasteiger partial charge in [-0.1, -0.05) is 78.4 Å². The minimum absolute atomic E-state index is 0.891. The van der Waals surface area contributed by atoms with Gasteiger partial charge in [-0.2, -0.15) is 0 Å². The highest BCUT2D eigenvalue weighted by Gasteiger charge is 2.10. The van der Waals surface area contributed by atoms with Gasteiger partial charge in [-0.25, -0.2) is 4.98 Å². The maximum atomic E-state index is 4.96. The summed E-state index contributed by atoms with van der Waals surface area (Å²) in [5.74, 6) is 0. The minimum atomic E-state index is 0.891. The Hall–Kier alpha value is -2.93. The number of benzene rings is 3. The first-order valence-electron chi connectivity index (χ1n) is 8.29. The van der Waals surface area contributed by atoms with Crippen molar-refractivity contribution in [3.8, 4) is 11.3 Å². The van der Waals surface area contributed by atoms with Gasteiger partial charge >= 0.3 is 0 Å². The number of pyridine rings is 1. The standard InChI is InChI=1S/C23H19N/c1-17-11-13-18(14-12-17)15-21-16-20-9-5-6-10-22(20)24-23(21)19-7-3-2-4-8-19/h2-14,16H,15H2,1H3. The van der Waals surface area contributed by atoms with Gasteiger partial charge in [-0.15, -0.1) is 0 Å². The van der Waals surface area contributed by atoms with E-state index in [1.165, 1.54) is 27.6 Å². The predicted octanol–water partition coefficient (Wildman–Crippen LogP) is 5.80. The molecule has 1 heteroatoms. The molecule has 0 fully saturated rings. The molecule has 0 unspecified atom stereocenters. The molecule has 0 aliphatic rings. The molecular weight excluding hydrogens is 290 g/mol. The summed E-state index contributed by atoms with van der Waals surface area (Å²) in [5, 5.41) is 1.19. The average Bonchev–Trinajstić information content (AvgIpc) is 2.64. The molecule has 0 N–H and O–H groups in total. The molecule has 4 aromatic rings. The van der Waals surface area contributed by atoms with Crippen LogP contribution in [-0.2, 0) is 6.42 Å². The second kappa shape index (κ2) is 6.29. The van der Waals surface area contributed by atoms with Crippen LogP contribution in [0.4, 0.5) is 0 Å². The van der Waals surface area contributed by atoms with E-state index in [0.29, 0.717) is 0 Å².